The molecule has 27 heavy (non-hydrogen) atoms. The molecule has 0 saturated heterocycles. The summed E-state index contributed by atoms with van der Waals surface area (Å²) in [6.07, 6.45) is 0. The summed E-state index contributed by atoms with van der Waals surface area (Å²) < 4.78 is 5.20. The van der Waals surface area contributed by atoms with Gasteiger partial charge in [-0.2, -0.15) is 0 Å². The van der Waals surface area contributed by atoms with Crippen LogP contribution < -0.4 is 10.2 Å². The lowest BCUT2D eigenvalue weighted by Crippen LogP contribution is -2.48. The Morgan fingerprint density at radius 2 is 1.96 bits per heavy atom. The van der Waals surface area contributed by atoms with Gasteiger partial charge in [0.15, 0.2) is 0 Å². The standard InChI is InChI=1S/C20H19ClN2O4/c1-3-27-19(25)17-12(2)23(14-7-5-4-6-8-14)20(26)22-18(17)15-11-13(21)9-10-16(15)24/h4-11,18,24H,3H2,1-2H3,(H,22,26). The molecule has 0 aromatic heterocycles. The number of carbonyl (C=O) groups excluding carboxylic acids is 2. The fourth-order valence-electron chi connectivity index (χ4n) is 3.09. The van der Waals surface area contributed by atoms with Crippen LogP contribution >= 0.6 is 11.6 Å². The number of allylic oxidation sites excluding steroid dienone is 1. The highest BCUT2D eigenvalue weighted by atomic mass is 35.5. The summed E-state index contributed by atoms with van der Waals surface area (Å²) in [7, 11) is 0. The van der Waals surface area contributed by atoms with Crippen molar-refractivity contribution in [2.45, 2.75) is 19.9 Å². The molecule has 140 valence electrons. The second kappa shape index (κ2) is 7.72. The Bertz CT molecular complexity index is 911. The number of aromatic hydroxyl groups is 1. The Labute approximate surface area is 162 Å². The quantitative estimate of drug-likeness (QED) is 0.773. The van der Waals surface area contributed by atoms with E-state index in [0.717, 1.165) is 0 Å². The molecule has 0 bridgehead atoms. The van der Waals surface area contributed by atoms with Gasteiger partial charge in [0, 0.05) is 16.3 Å². The molecular formula is C20H19ClN2O4. The molecule has 1 aliphatic heterocycles. The molecule has 2 aromatic rings. The molecular weight excluding hydrogens is 368 g/mol. The molecule has 0 fully saturated rings. The van der Waals surface area contributed by atoms with Crippen molar-refractivity contribution in [3.8, 4) is 5.75 Å². The number of phenols is 1. The maximum absolute atomic E-state index is 12.8. The van der Waals surface area contributed by atoms with Crippen molar-refractivity contribution in [2.24, 2.45) is 0 Å². The zero-order chi connectivity index (χ0) is 19.6. The van der Waals surface area contributed by atoms with E-state index in [1.54, 1.807) is 38.1 Å². The van der Waals surface area contributed by atoms with Crippen LogP contribution in [0.1, 0.15) is 25.5 Å². The summed E-state index contributed by atoms with van der Waals surface area (Å²) in [6, 6.07) is 12.1. The zero-order valence-electron chi connectivity index (χ0n) is 14.9. The van der Waals surface area contributed by atoms with Gasteiger partial charge in [0.05, 0.1) is 23.9 Å². The van der Waals surface area contributed by atoms with E-state index in [-0.39, 0.29) is 17.9 Å². The summed E-state index contributed by atoms with van der Waals surface area (Å²) in [6.45, 7) is 3.56. The maximum atomic E-state index is 12.8. The molecule has 0 aliphatic carbocycles. The highest BCUT2D eigenvalue weighted by Crippen LogP contribution is 2.38. The predicted molar refractivity (Wildman–Crippen MR) is 103 cm³/mol. The number of hydrogen-bond acceptors (Lipinski definition) is 4. The molecule has 0 radical (unpaired) electrons. The van der Waals surface area contributed by atoms with Gasteiger partial charge in [-0.1, -0.05) is 29.8 Å². The summed E-state index contributed by atoms with van der Waals surface area (Å²) in [4.78, 5) is 26.9. The van der Waals surface area contributed by atoms with Crippen LogP contribution in [0.3, 0.4) is 0 Å². The van der Waals surface area contributed by atoms with Gasteiger partial charge in [0.25, 0.3) is 0 Å². The van der Waals surface area contributed by atoms with Crippen LogP contribution in [0.25, 0.3) is 0 Å². The molecule has 2 amide bonds. The topological polar surface area (TPSA) is 78.9 Å². The van der Waals surface area contributed by atoms with Gasteiger partial charge in [-0.05, 0) is 44.2 Å². The van der Waals surface area contributed by atoms with Gasteiger partial charge < -0.3 is 15.2 Å². The van der Waals surface area contributed by atoms with Crippen molar-refractivity contribution < 1.29 is 19.4 Å². The van der Waals surface area contributed by atoms with Crippen molar-refractivity contribution >= 4 is 29.3 Å². The largest absolute Gasteiger partial charge is 0.508 e. The van der Waals surface area contributed by atoms with E-state index in [1.807, 2.05) is 6.07 Å². The van der Waals surface area contributed by atoms with Crippen molar-refractivity contribution in [1.82, 2.24) is 5.32 Å². The van der Waals surface area contributed by atoms with Gasteiger partial charge in [0.1, 0.15) is 5.75 Å². The number of nitrogens with one attached hydrogen (secondary N) is 1. The monoisotopic (exact) mass is 386 g/mol. The first-order valence-corrected chi connectivity index (χ1v) is 8.83. The lowest BCUT2D eigenvalue weighted by atomic mass is 9.94. The van der Waals surface area contributed by atoms with Crippen LogP contribution in [0.2, 0.25) is 5.02 Å². The van der Waals surface area contributed by atoms with Gasteiger partial charge in [0.2, 0.25) is 0 Å². The number of anilines is 1. The molecule has 3 rings (SSSR count). The van der Waals surface area contributed by atoms with Crippen molar-refractivity contribution in [3.05, 3.63) is 70.4 Å². The number of halogens is 1. The summed E-state index contributed by atoms with van der Waals surface area (Å²) in [5.74, 6) is -0.646. The smallest absolute Gasteiger partial charge is 0.338 e. The Hall–Kier alpha value is -2.99. The Morgan fingerprint density at radius 3 is 2.63 bits per heavy atom. The van der Waals surface area contributed by atoms with Crippen LogP contribution in [0, 0.1) is 0 Å². The predicted octanol–water partition coefficient (Wildman–Crippen LogP) is 4.15. The van der Waals surface area contributed by atoms with Gasteiger partial charge in [-0.25, -0.2) is 9.59 Å². The molecule has 6 nitrogen and oxygen atoms in total. The number of amides is 2. The number of para-hydroxylation sites is 1. The fraction of sp³-hybridized carbons (Fsp3) is 0.200. The summed E-state index contributed by atoms with van der Waals surface area (Å²) in [5, 5.41) is 13.4. The van der Waals surface area contributed by atoms with E-state index in [0.29, 0.717) is 22.0 Å². The molecule has 1 unspecified atom stereocenters. The number of esters is 1. The lowest BCUT2D eigenvalue weighted by Gasteiger charge is -2.35. The minimum Gasteiger partial charge on any atom is -0.508 e. The zero-order valence-corrected chi connectivity index (χ0v) is 15.7. The van der Waals surface area contributed by atoms with Crippen LogP contribution in [0.15, 0.2) is 59.8 Å². The van der Waals surface area contributed by atoms with Crippen LogP contribution in [0.4, 0.5) is 10.5 Å². The molecule has 7 heteroatoms. The first kappa shape index (κ1) is 18.8. The number of hydrogen-bond donors (Lipinski definition) is 2. The first-order valence-electron chi connectivity index (χ1n) is 8.46. The van der Waals surface area contributed by atoms with Crippen molar-refractivity contribution in [1.29, 1.82) is 0 Å². The number of phenolic OH excluding ortho intramolecular Hbond substituents is 1. The Morgan fingerprint density at radius 1 is 1.26 bits per heavy atom. The van der Waals surface area contributed by atoms with E-state index in [1.165, 1.54) is 23.1 Å². The second-order valence-corrected chi connectivity index (χ2v) is 6.41. The number of ether oxygens (including phenoxy) is 1. The van der Waals surface area contributed by atoms with Crippen LogP contribution in [-0.2, 0) is 9.53 Å². The average Bonchev–Trinajstić information content (AvgIpc) is 2.64. The highest BCUT2D eigenvalue weighted by Gasteiger charge is 2.38. The number of urea groups is 1. The minimum absolute atomic E-state index is 0.0764. The fourth-order valence-corrected chi connectivity index (χ4v) is 3.27. The molecule has 0 saturated carbocycles. The number of rotatable bonds is 4. The minimum atomic E-state index is -0.879. The van der Waals surface area contributed by atoms with Gasteiger partial charge in [-0.15, -0.1) is 0 Å². The molecule has 1 aliphatic rings. The van der Waals surface area contributed by atoms with E-state index in [9.17, 15) is 14.7 Å². The van der Waals surface area contributed by atoms with Crippen LogP contribution in [-0.4, -0.2) is 23.7 Å². The number of carbonyl (C=O) groups is 2. The number of benzene rings is 2. The maximum Gasteiger partial charge on any atom is 0.338 e. The van der Waals surface area contributed by atoms with Crippen LogP contribution in [0.5, 0.6) is 5.75 Å². The Kier molecular flexibility index (Phi) is 5.37. The van der Waals surface area contributed by atoms with Gasteiger partial charge in [-0.3, -0.25) is 4.90 Å². The lowest BCUT2D eigenvalue weighted by molar-refractivity contribution is -0.139. The van der Waals surface area contributed by atoms with E-state index in [2.05, 4.69) is 5.32 Å². The van der Waals surface area contributed by atoms with Crippen molar-refractivity contribution in [3.63, 3.8) is 0 Å². The summed E-state index contributed by atoms with van der Waals surface area (Å²) in [5.41, 5.74) is 1.60. The highest BCUT2D eigenvalue weighted by molar-refractivity contribution is 6.30. The third kappa shape index (κ3) is 3.61. The van der Waals surface area contributed by atoms with Crippen molar-refractivity contribution in [2.75, 3.05) is 11.5 Å². The van der Waals surface area contributed by atoms with Gasteiger partial charge >= 0.3 is 12.0 Å². The Balaban J connectivity index is 2.17. The average molecular weight is 387 g/mol. The second-order valence-electron chi connectivity index (χ2n) is 5.98. The molecule has 0 spiro atoms. The SMILES string of the molecule is CCOC(=O)C1=C(C)N(c2ccccc2)C(=O)NC1c1cc(Cl)ccc1O. The third-order valence-corrected chi connectivity index (χ3v) is 4.53. The number of nitrogens with zero attached hydrogens (tertiary/aromatic N) is 1. The van der Waals surface area contributed by atoms with E-state index >= 15 is 0 Å². The molecule has 2 aromatic carbocycles. The first-order chi connectivity index (χ1) is 12.9. The van der Waals surface area contributed by atoms with E-state index < -0.39 is 18.0 Å². The molecule has 2 N–H and O–H groups in total. The normalized spacial score (nSPS) is 16.9. The van der Waals surface area contributed by atoms with E-state index in [4.69, 9.17) is 16.3 Å². The summed E-state index contributed by atoms with van der Waals surface area (Å²) >= 11 is 6.06. The molecule has 1 heterocycles. The third-order valence-electron chi connectivity index (χ3n) is 4.30. The molecule has 1 atom stereocenters.